The third kappa shape index (κ3) is 4.17. The van der Waals surface area contributed by atoms with Gasteiger partial charge >= 0.3 is 6.03 Å². The van der Waals surface area contributed by atoms with Gasteiger partial charge in [-0.2, -0.15) is 0 Å². The predicted octanol–water partition coefficient (Wildman–Crippen LogP) is 4.07. The molecule has 0 heterocycles. The highest BCUT2D eigenvalue weighted by Crippen LogP contribution is 2.63. The van der Waals surface area contributed by atoms with Crippen LogP contribution in [-0.4, -0.2) is 63.6 Å². The molecule has 0 aliphatic heterocycles. The number of hydrogen-bond donors (Lipinski definition) is 7. The Balaban J connectivity index is 1.47. The van der Waals surface area contributed by atoms with Crippen LogP contribution in [0.25, 0.3) is 16.5 Å². The van der Waals surface area contributed by atoms with Gasteiger partial charge in [-0.25, -0.2) is 4.79 Å². The Morgan fingerprint density at radius 2 is 1.59 bits per heavy atom. The molecule has 0 bridgehead atoms. The lowest BCUT2D eigenvalue weighted by Crippen LogP contribution is -2.65. The molecular weight excluding hydrogens is 592 g/mol. The average Bonchev–Trinajstić information content (AvgIpc) is 2.96. The molecule has 8 N–H and O–H groups in total. The highest BCUT2D eigenvalue weighted by atomic mass is 16.3. The molecule has 3 aromatic rings. The summed E-state index contributed by atoms with van der Waals surface area (Å²) in [6, 6.07) is 13.8. The van der Waals surface area contributed by atoms with Crippen molar-refractivity contribution in [2.75, 3.05) is 29.6 Å². The van der Waals surface area contributed by atoms with E-state index in [1.807, 2.05) is 30.3 Å². The summed E-state index contributed by atoms with van der Waals surface area (Å²) in [5.74, 6) is -5.55. The monoisotopic (exact) mass is 626 g/mol. The molecule has 3 atom stereocenters. The molecule has 3 aliphatic rings. The maximum absolute atomic E-state index is 14.2. The molecule has 0 saturated heterocycles. The summed E-state index contributed by atoms with van der Waals surface area (Å²) in [7, 11) is 3.48. The van der Waals surface area contributed by atoms with E-state index in [1.54, 1.807) is 44.1 Å². The third-order valence-electron chi connectivity index (χ3n) is 9.66. The fourth-order valence-electron chi connectivity index (χ4n) is 7.70. The first-order valence-corrected chi connectivity index (χ1v) is 14.6. The summed E-state index contributed by atoms with van der Waals surface area (Å²) >= 11 is 0. The SMILES string of the molecule is CN(C)c1cc(NC(=O)Nc2cccc3ccccc23)c(O)c2c1C[C@@]1(C)C[C@@]3(C)CC(=O)C(C(N)=O)=C(O)[C@@]3(O)C(=O)C1=C2O. The number of aromatic hydroxyl groups is 1. The van der Waals surface area contributed by atoms with Crippen molar-refractivity contribution in [3.63, 3.8) is 0 Å². The van der Waals surface area contributed by atoms with E-state index >= 15 is 0 Å². The molecule has 0 spiro atoms. The van der Waals surface area contributed by atoms with Gasteiger partial charge in [-0.15, -0.1) is 0 Å². The van der Waals surface area contributed by atoms with Crippen LogP contribution in [0, 0.1) is 10.8 Å². The number of nitrogens with zero attached hydrogens (tertiary/aromatic N) is 1. The van der Waals surface area contributed by atoms with Gasteiger partial charge in [0.05, 0.1) is 16.9 Å². The number of hydrogen-bond acceptors (Lipinski definition) is 9. The second kappa shape index (κ2) is 10.1. The van der Waals surface area contributed by atoms with Crippen LogP contribution in [0.2, 0.25) is 0 Å². The summed E-state index contributed by atoms with van der Waals surface area (Å²) in [6.07, 6.45) is -0.414. The summed E-state index contributed by atoms with van der Waals surface area (Å²) in [5, 5.41) is 53.3. The number of aliphatic hydroxyl groups is 3. The fourth-order valence-corrected chi connectivity index (χ4v) is 7.70. The van der Waals surface area contributed by atoms with Crippen LogP contribution < -0.4 is 21.3 Å². The first-order valence-electron chi connectivity index (χ1n) is 14.6. The molecule has 0 unspecified atom stereocenters. The smallest absolute Gasteiger partial charge is 0.323 e. The Bertz CT molecular complexity index is 1980. The minimum Gasteiger partial charge on any atom is -0.508 e. The maximum Gasteiger partial charge on any atom is 0.323 e. The topological polar surface area (TPSA) is 203 Å². The number of carbonyl (C=O) groups excluding carboxylic acids is 4. The van der Waals surface area contributed by atoms with Gasteiger partial charge in [0.2, 0.25) is 5.78 Å². The summed E-state index contributed by atoms with van der Waals surface area (Å²) in [6.45, 7) is 3.16. The molecule has 46 heavy (non-hydrogen) atoms. The van der Waals surface area contributed by atoms with Crippen molar-refractivity contribution in [1.82, 2.24) is 0 Å². The van der Waals surface area contributed by atoms with Crippen LogP contribution in [0.15, 0.2) is 65.4 Å². The number of nitrogens with two attached hydrogens (primary N) is 1. The molecular formula is C34H34N4O8. The second-order valence-electron chi connectivity index (χ2n) is 13.1. The van der Waals surface area contributed by atoms with E-state index in [2.05, 4.69) is 10.6 Å². The van der Waals surface area contributed by atoms with Gasteiger partial charge in [-0.1, -0.05) is 50.2 Å². The predicted molar refractivity (Wildman–Crippen MR) is 172 cm³/mol. The van der Waals surface area contributed by atoms with Crippen LogP contribution in [0.1, 0.15) is 37.8 Å². The number of ketones is 2. The number of urea groups is 1. The zero-order valence-electron chi connectivity index (χ0n) is 25.7. The number of aliphatic hydroxyl groups excluding tert-OH is 2. The minimum absolute atomic E-state index is 0.0516. The van der Waals surface area contributed by atoms with Crippen LogP contribution in [-0.2, 0) is 20.8 Å². The van der Waals surface area contributed by atoms with E-state index in [0.717, 1.165) is 10.8 Å². The van der Waals surface area contributed by atoms with Crippen LogP contribution in [0.5, 0.6) is 5.75 Å². The van der Waals surface area contributed by atoms with Crippen LogP contribution in [0.4, 0.5) is 21.9 Å². The van der Waals surface area contributed by atoms with Crippen molar-refractivity contribution >= 4 is 57.1 Å². The van der Waals surface area contributed by atoms with E-state index in [1.165, 1.54) is 6.92 Å². The molecule has 3 aliphatic carbocycles. The number of amides is 3. The van der Waals surface area contributed by atoms with Crippen molar-refractivity contribution < 1.29 is 39.6 Å². The van der Waals surface area contributed by atoms with Crippen molar-refractivity contribution in [3.8, 4) is 5.75 Å². The van der Waals surface area contributed by atoms with Gasteiger partial charge in [0.1, 0.15) is 17.1 Å². The van der Waals surface area contributed by atoms with Gasteiger partial charge in [0, 0.05) is 48.0 Å². The van der Waals surface area contributed by atoms with Crippen LogP contribution >= 0.6 is 0 Å². The normalized spacial score (nSPS) is 25.5. The molecule has 238 valence electrons. The first kappa shape index (κ1) is 30.7. The number of rotatable bonds is 4. The number of carbonyl (C=O) groups is 4. The zero-order valence-corrected chi connectivity index (χ0v) is 25.7. The Labute approximate surface area is 263 Å². The Kier molecular flexibility index (Phi) is 6.72. The van der Waals surface area contributed by atoms with Crippen LogP contribution in [0.3, 0.4) is 0 Å². The zero-order chi connectivity index (χ0) is 33.5. The minimum atomic E-state index is -2.75. The molecule has 3 amide bonds. The first-order chi connectivity index (χ1) is 21.5. The quantitative estimate of drug-likeness (QED) is 0.165. The standard InChI is InChI=1S/C34H34N4O8/c1-32-13-18-21(38(3)4)12-20(37-31(45)36-19-11-7-9-16-8-5-6-10-17(16)19)26(40)23(18)27(41)25(32)29(43)34(46)28(42)24(30(35)44)22(39)14-33(34,2)15-32/h5-12,40-42,46H,13-15H2,1-4H3,(H2,35,44)(H2,36,37,45)/t32-,33+,34+/m0/s1. The lowest BCUT2D eigenvalue weighted by atomic mass is 9.47. The Morgan fingerprint density at radius 3 is 2.26 bits per heavy atom. The summed E-state index contributed by atoms with van der Waals surface area (Å²) in [5.41, 5.74) is 0.0143. The number of anilines is 3. The Hall–Kier alpha value is -5.36. The number of Topliss-reactive ketones (excluding diaryl/α,β-unsaturated/α-hetero) is 2. The van der Waals surface area contributed by atoms with E-state index in [-0.39, 0.29) is 29.7 Å². The number of nitrogens with one attached hydrogen (secondary N) is 2. The van der Waals surface area contributed by atoms with E-state index in [4.69, 9.17) is 5.73 Å². The van der Waals surface area contributed by atoms with Gasteiger partial charge in [0.15, 0.2) is 17.1 Å². The molecule has 0 aromatic heterocycles. The molecule has 3 aromatic carbocycles. The van der Waals surface area contributed by atoms with E-state index < -0.39 is 69.2 Å². The lowest BCUT2D eigenvalue weighted by molar-refractivity contribution is -0.165. The fraction of sp³-hybridized carbons (Fsp3) is 0.294. The average molecular weight is 627 g/mol. The van der Waals surface area contributed by atoms with Crippen molar-refractivity contribution in [1.29, 1.82) is 0 Å². The second-order valence-corrected chi connectivity index (χ2v) is 13.1. The summed E-state index contributed by atoms with van der Waals surface area (Å²) < 4.78 is 0. The van der Waals surface area contributed by atoms with Crippen molar-refractivity contribution in [2.24, 2.45) is 16.6 Å². The number of primary amides is 1. The molecule has 6 rings (SSSR count). The molecule has 0 radical (unpaired) electrons. The van der Waals surface area contributed by atoms with Gasteiger partial charge in [-0.3, -0.25) is 14.4 Å². The van der Waals surface area contributed by atoms with E-state index in [9.17, 15) is 39.6 Å². The number of fused-ring (bicyclic) bond motifs is 4. The molecule has 12 nitrogen and oxygen atoms in total. The third-order valence-corrected chi connectivity index (χ3v) is 9.66. The van der Waals surface area contributed by atoms with Crippen molar-refractivity contribution in [2.45, 2.75) is 38.7 Å². The number of phenolic OH excluding ortho intramolecular Hbond substituents is 1. The van der Waals surface area contributed by atoms with Gasteiger partial charge < -0.3 is 41.7 Å². The highest BCUT2D eigenvalue weighted by molar-refractivity contribution is 6.23. The van der Waals surface area contributed by atoms with Crippen molar-refractivity contribution in [3.05, 3.63) is 76.6 Å². The highest BCUT2D eigenvalue weighted by Gasteiger charge is 2.69. The molecule has 12 heteroatoms. The molecule has 1 saturated carbocycles. The number of benzene rings is 3. The summed E-state index contributed by atoms with van der Waals surface area (Å²) in [4.78, 5) is 54.1. The Morgan fingerprint density at radius 1 is 0.935 bits per heavy atom. The maximum atomic E-state index is 14.2. The largest absolute Gasteiger partial charge is 0.508 e. The van der Waals surface area contributed by atoms with E-state index in [0.29, 0.717) is 16.9 Å². The van der Waals surface area contributed by atoms with Gasteiger partial charge in [-0.05, 0) is 35.9 Å². The number of phenols is 1. The molecule has 1 fully saturated rings. The van der Waals surface area contributed by atoms with Gasteiger partial charge in [0.25, 0.3) is 5.91 Å². The lowest BCUT2D eigenvalue weighted by Gasteiger charge is -2.56.